The Morgan fingerprint density at radius 3 is 2.37 bits per heavy atom. The van der Waals surface area contributed by atoms with E-state index in [-0.39, 0.29) is 22.9 Å². The molecule has 0 aromatic heterocycles. The van der Waals surface area contributed by atoms with E-state index in [0.29, 0.717) is 44.8 Å². The van der Waals surface area contributed by atoms with E-state index < -0.39 is 10.0 Å². The number of sulfonamides is 1. The number of carbonyl (C=O) groups excluding carboxylic acids is 2. The fraction of sp³-hybridized carbons (Fsp3) is 0.556. The quantitative estimate of drug-likeness (QED) is 0.788. The van der Waals surface area contributed by atoms with Crippen molar-refractivity contribution in [3.8, 4) is 0 Å². The number of rotatable bonds is 6. The lowest BCUT2D eigenvalue weighted by atomic mass is 10.2. The Bertz CT molecular complexity index is 773. The Kier molecular flexibility index (Phi) is 7.20. The zero-order valence-electron chi connectivity index (χ0n) is 16.0. The van der Waals surface area contributed by atoms with Crippen LogP contribution in [0.1, 0.15) is 37.6 Å². The number of piperazine rings is 1. The maximum absolute atomic E-state index is 12.7. The smallest absolute Gasteiger partial charge is 0.409 e. The van der Waals surface area contributed by atoms with Crippen LogP contribution in [-0.4, -0.2) is 69.0 Å². The molecule has 0 saturated carbocycles. The number of nitrogens with one attached hydrogen (secondary N) is 1. The SMILES string of the molecule is CCOC(=O)N1CCN(C(=O)c2cccc(S(=O)(=O)NC(C)CC)c2)CC1. The fourth-order valence-corrected chi connectivity index (χ4v) is 4.07. The van der Waals surface area contributed by atoms with Gasteiger partial charge in [-0.1, -0.05) is 13.0 Å². The number of ether oxygens (including phenoxy) is 1. The van der Waals surface area contributed by atoms with Gasteiger partial charge in [-0.2, -0.15) is 0 Å². The van der Waals surface area contributed by atoms with Gasteiger partial charge in [-0.05, 0) is 38.5 Å². The normalized spacial score (nSPS) is 16.1. The third-order valence-corrected chi connectivity index (χ3v) is 6.04. The lowest BCUT2D eigenvalue weighted by Crippen LogP contribution is -2.50. The van der Waals surface area contributed by atoms with Crippen LogP contribution in [0.25, 0.3) is 0 Å². The van der Waals surface area contributed by atoms with Crippen molar-refractivity contribution in [3.63, 3.8) is 0 Å². The van der Waals surface area contributed by atoms with Gasteiger partial charge in [0, 0.05) is 37.8 Å². The largest absolute Gasteiger partial charge is 0.450 e. The molecule has 0 bridgehead atoms. The zero-order chi connectivity index (χ0) is 20.0. The predicted octanol–water partition coefficient (Wildman–Crippen LogP) is 1.68. The van der Waals surface area contributed by atoms with Crippen molar-refractivity contribution in [1.82, 2.24) is 14.5 Å². The van der Waals surface area contributed by atoms with Gasteiger partial charge in [-0.3, -0.25) is 4.79 Å². The van der Waals surface area contributed by atoms with Crippen LogP contribution in [0.4, 0.5) is 4.79 Å². The Balaban J connectivity index is 2.07. The van der Waals surface area contributed by atoms with Crippen LogP contribution in [0, 0.1) is 0 Å². The number of amides is 2. The lowest BCUT2D eigenvalue weighted by Gasteiger charge is -2.34. The summed E-state index contributed by atoms with van der Waals surface area (Å²) in [5.41, 5.74) is 0.312. The predicted molar refractivity (Wildman–Crippen MR) is 101 cm³/mol. The molecule has 1 heterocycles. The van der Waals surface area contributed by atoms with E-state index in [9.17, 15) is 18.0 Å². The molecule has 9 heteroatoms. The fourth-order valence-electron chi connectivity index (χ4n) is 2.70. The molecule has 0 aliphatic carbocycles. The highest BCUT2D eigenvalue weighted by molar-refractivity contribution is 7.89. The summed E-state index contributed by atoms with van der Waals surface area (Å²) in [7, 11) is -3.67. The molecule has 1 saturated heterocycles. The minimum Gasteiger partial charge on any atom is -0.450 e. The van der Waals surface area contributed by atoms with Crippen LogP contribution >= 0.6 is 0 Å². The van der Waals surface area contributed by atoms with Gasteiger partial charge in [-0.25, -0.2) is 17.9 Å². The van der Waals surface area contributed by atoms with Crippen LogP contribution in [0.2, 0.25) is 0 Å². The number of hydrogen-bond acceptors (Lipinski definition) is 5. The zero-order valence-corrected chi connectivity index (χ0v) is 16.8. The highest BCUT2D eigenvalue weighted by Gasteiger charge is 2.26. The summed E-state index contributed by atoms with van der Waals surface area (Å²) in [5, 5.41) is 0. The summed E-state index contributed by atoms with van der Waals surface area (Å²) in [6.45, 7) is 7.26. The summed E-state index contributed by atoms with van der Waals surface area (Å²) in [6, 6.07) is 5.84. The number of carbonyl (C=O) groups is 2. The summed E-state index contributed by atoms with van der Waals surface area (Å²) >= 11 is 0. The average Bonchev–Trinajstić information content (AvgIpc) is 2.67. The molecule has 2 amide bonds. The summed E-state index contributed by atoms with van der Waals surface area (Å²) in [4.78, 5) is 27.7. The van der Waals surface area contributed by atoms with E-state index in [1.54, 1.807) is 35.8 Å². The van der Waals surface area contributed by atoms with Crippen LogP contribution in [0.5, 0.6) is 0 Å². The summed E-state index contributed by atoms with van der Waals surface area (Å²) < 4.78 is 32.4. The molecule has 1 aromatic carbocycles. The van der Waals surface area contributed by atoms with Gasteiger partial charge in [0.2, 0.25) is 10.0 Å². The minimum absolute atomic E-state index is 0.0683. The minimum atomic E-state index is -3.67. The van der Waals surface area contributed by atoms with E-state index in [1.807, 2.05) is 6.92 Å². The Hall–Kier alpha value is -2.13. The molecule has 1 atom stereocenters. The molecule has 0 radical (unpaired) electrons. The summed E-state index contributed by atoms with van der Waals surface area (Å²) in [6.07, 6.45) is 0.289. The molecule has 1 aromatic rings. The molecule has 27 heavy (non-hydrogen) atoms. The first kappa shape index (κ1) is 21.2. The molecule has 150 valence electrons. The van der Waals surface area contributed by atoms with Crippen LogP contribution < -0.4 is 4.72 Å². The topological polar surface area (TPSA) is 96.0 Å². The molecule has 1 fully saturated rings. The molecule has 1 aliphatic heterocycles. The Labute approximate surface area is 160 Å². The van der Waals surface area contributed by atoms with E-state index in [1.165, 1.54) is 12.1 Å². The molecule has 2 rings (SSSR count). The maximum atomic E-state index is 12.7. The standard InChI is InChI=1S/C18H27N3O5S/c1-4-14(3)19-27(24,25)16-8-6-7-15(13-16)17(22)20-9-11-21(12-10-20)18(23)26-5-2/h6-8,13-14,19H,4-5,9-12H2,1-3H3. The molecular formula is C18H27N3O5S. The molecule has 8 nitrogen and oxygen atoms in total. The molecular weight excluding hydrogens is 370 g/mol. The van der Waals surface area contributed by atoms with E-state index in [0.717, 1.165) is 0 Å². The second-order valence-corrected chi connectivity index (χ2v) is 8.15. The van der Waals surface area contributed by atoms with Gasteiger partial charge >= 0.3 is 6.09 Å². The third kappa shape index (κ3) is 5.43. The summed E-state index contributed by atoms with van der Waals surface area (Å²) in [5.74, 6) is -0.251. The lowest BCUT2D eigenvalue weighted by molar-refractivity contribution is 0.0570. The monoisotopic (exact) mass is 397 g/mol. The van der Waals surface area contributed by atoms with E-state index in [4.69, 9.17) is 4.74 Å². The number of hydrogen-bond donors (Lipinski definition) is 1. The van der Waals surface area contributed by atoms with Gasteiger partial charge in [0.1, 0.15) is 0 Å². The van der Waals surface area contributed by atoms with Crippen molar-refractivity contribution >= 4 is 22.0 Å². The van der Waals surface area contributed by atoms with Crippen LogP contribution in [-0.2, 0) is 14.8 Å². The van der Waals surface area contributed by atoms with Gasteiger partial charge in [-0.15, -0.1) is 0 Å². The van der Waals surface area contributed by atoms with Crippen molar-refractivity contribution in [1.29, 1.82) is 0 Å². The van der Waals surface area contributed by atoms with Gasteiger partial charge in [0.25, 0.3) is 5.91 Å². The van der Waals surface area contributed by atoms with Gasteiger partial charge in [0.05, 0.1) is 11.5 Å². The second-order valence-electron chi connectivity index (χ2n) is 6.44. The van der Waals surface area contributed by atoms with Crippen LogP contribution in [0.15, 0.2) is 29.2 Å². The Morgan fingerprint density at radius 2 is 1.78 bits per heavy atom. The maximum Gasteiger partial charge on any atom is 0.409 e. The highest BCUT2D eigenvalue weighted by atomic mass is 32.2. The first-order chi connectivity index (χ1) is 12.8. The van der Waals surface area contributed by atoms with Crippen molar-refractivity contribution in [2.24, 2.45) is 0 Å². The third-order valence-electron chi connectivity index (χ3n) is 4.45. The molecule has 1 unspecified atom stereocenters. The van der Waals surface area contributed by atoms with E-state index >= 15 is 0 Å². The van der Waals surface area contributed by atoms with E-state index in [2.05, 4.69) is 4.72 Å². The molecule has 1 aliphatic rings. The van der Waals surface area contributed by atoms with Crippen molar-refractivity contribution < 1.29 is 22.7 Å². The molecule has 1 N–H and O–H groups in total. The van der Waals surface area contributed by atoms with Crippen LogP contribution in [0.3, 0.4) is 0 Å². The first-order valence-corrected chi connectivity index (χ1v) is 10.6. The van der Waals surface area contributed by atoms with Gasteiger partial charge < -0.3 is 14.5 Å². The first-order valence-electron chi connectivity index (χ1n) is 9.11. The number of benzene rings is 1. The molecule has 0 spiro atoms. The van der Waals surface area contributed by atoms with Crippen molar-refractivity contribution in [3.05, 3.63) is 29.8 Å². The van der Waals surface area contributed by atoms with Crippen molar-refractivity contribution in [2.75, 3.05) is 32.8 Å². The van der Waals surface area contributed by atoms with Crippen molar-refractivity contribution in [2.45, 2.75) is 38.1 Å². The van der Waals surface area contributed by atoms with Gasteiger partial charge in [0.15, 0.2) is 0 Å². The number of nitrogens with zero attached hydrogens (tertiary/aromatic N) is 2. The highest BCUT2D eigenvalue weighted by Crippen LogP contribution is 2.15. The Morgan fingerprint density at radius 1 is 1.15 bits per heavy atom. The second kappa shape index (κ2) is 9.18. The average molecular weight is 397 g/mol.